The Kier molecular flexibility index (Phi) is 3.70. The highest BCUT2D eigenvalue weighted by atomic mass is 35.5. The molecule has 4 nitrogen and oxygen atoms in total. The van der Waals surface area contributed by atoms with Crippen LogP contribution in [0.25, 0.3) is 0 Å². The van der Waals surface area contributed by atoms with Crippen molar-refractivity contribution in [2.24, 2.45) is 0 Å². The second kappa shape index (κ2) is 4.80. The first-order valence-corrected chi connectivity index (χ1v) is 4.00. The molecule has 14 heavy (non-hydrogen) atoms. The fraction of sp³-hybridized carbons (Fsp3) is 0.286. The number of hydrogen-bond acceptors (Lipinski definition) is 4. The number of halogens is 3. The maximum absolute atomic E-state index is 11.8. The lowest BCUT2D eigenvalue weighted by atomic mass is 10.3. The summed E-state index contributed by atoms with van der Waals surface area (Å²) in [4.78, 5) is 17.6. The molecule has 0 aliphatic heterocycles. The fourth-order valence-electron chi connectivity index (χ4n) is 0.793. The van der Waals surface area contributed by atoms with Crippen molar-refractivity contribution < 1.29 is 13.6 Å². The number of carbonyl (C=O) groups excluding carboxylic acids is 1. The molecule has 0 fully saturated rings. The van der Waals surface area contributed by atoms with Crippen LogP contribution in [0.3, 0.4) is 0 Å². The Morgan fingerprint density at radius 1 is 1.57 bits per heavy atom. The average Bonchev–Trinajstić information content (AvgIpc) is 2.14. The molecule has 0 bridgehead atoms. The van der Waals surface area contributed by atoms with Gasteiger partial charge in [0.15, 0.2) is 6.29 Å². The quantitative estimate of drug-likeness (QED) is 0.620. The third-order valence-electron chi connectivity index (χ3n) is 1.38. The number of anilines is 1. The second-order valence-electron chi connectivity index (χ2n) is 2.32. The molecular weight excluding hydrogens is 216 g/mol. The van der Waals surface area contributed by atoms with Gasteiger partial charge >= 0.3 is 0 Å². The van der Waals surface area contributed by atoms with E-state index >= 15 is 0 Å². The molecule has 1 heterocycles. The molecule has 0 aliphatic carbocycles. The van der Waals surface area contributed by atoms with Gasteiger partial charge in [0.1, 0.15) is 17.3 Å². The van der Waals surface area contributed by atoms with E-state index in [1.165, 1.54) is 0 Å². The van der Waals surface area contributed by atoms with Crippen LogP contribution >= 0.6 is 11.6 Å². The van der Waals surface area contributed by atoms with E-state index < -0.39 is 13.0 Å². The summed E-state index contributed by atoms with van der Waals surface area (Å²) in [6, 6.07) is 0. The number of rotatable bonds is 4. The van der Waals surface area contributed by atoms with Gasteiger partial charge in [0, 0.05) is 0 Å². The molecule has 0 spiro atoms. The molecule has 0 aromatic carbocycles. The molecule has 1 aromatic heterocycles. The minimum absolute atomic E-state index is 0.0142. The summed E-state index contributed by atoms with van der Waals surface area (Å²) in [6.45, 7) is -0.589. The zero-order chi connectivity index (χ0) is 10.6. The van der Waals surface area contributed by atoms with Gasteiger partial charge in [-0.1, -0.05) is 11.6 Å². The summed E-state index contributed by atoms with van der Waals surface area (Å²) >= 11 is 5.53. The van der Waals surface area contributed by atoms with Crippen molar-refractivity contribution in [2.45, 2.75) is 6.43 Å². The first kappa shape index (κ1) is 10.8. The SMILES string of the molecule is O=Cc1c(Cl)ncnc1NCC(F)F. The van der Waals surface area contributed by atoms with Crippen LogP contribution in [0.5, 0.6) is 0 Å². The molecule has 0 amide bonds. The number of carbonyl (C=O) groups is 1. The number of aromatic nitrogens is 2. The highest BCUT2D eigenvalue weighted by molar-refractivity contribution is 6.32. The van der Waals surface area contributed by atoms with Gasteiger partial charge in [-0.3, -0.25) is 4.79 Å². The molecule has 1 aromatic rings. The number of nitrogens with one attached hydrogen (secondary N) is 1. The van der Waals surface area contributed by atoms with Gasteiger partial charge in [0.2, 0.25) is 0 Å². The zero-order valence-corrected chi connectivity index (χ0v) is 7.63. The lowest BCUT2D eigenvalue weighted by molar-refractivity contribution is 0.112. The van der Waals surface area contributed by atoms with E-state index in [0.29, 0.717) is 6.29 Å². The van der Waals surface area contributed by atoms with Crippen LogP contribution in [0.15, 0.2) is 6.33 Å². The van der Waals surface area contributed by atoms with E-state index in [4.69, 9.17) is 11.6 Å². The Balaban J connectivity index is 2.85. The molecule has 7 heteroatoms. The Labute approximate surface area is 83.3 Å². The van der Waals surface area contributed by atoms with E-state index in [-0.39, 0.29) is 16.5 Å². The predicted molar refractivity (Wildman–Crippen MR) is 46.9 cm³/mol. The highest BCUT2D eigenvalue weighted by Gasteiger charge is 2.10. The summed E-state index contributed by atoms with van der Waals surface area (Å²) in [5.74, 6) is 0.0142. The van der Waals surface area contributed by atoms with Crippen molar-refractivity contribution in [1.29, 1.82) is 0 Å². The number of aldehydes is 1. The molecule has 1 rings (SSSR count). The number of alkyl halides is 2. The summed E-state index contributed by atoms with van der Waals surface area (Å²) < 4.78 is 23.7. The summed E-state index contributed by atoms with van der Waals surface area (Å²) in [7, 11) is 0. The topological polar surface area (TPSA) is 54.9 Å². The Morgan fingerprint density at radius 3 is 2.86 bits per heavy atom. The number of hydrogen-bond donors (Lipinski definition) is 1. The van der Waals surface area contributed by atoms with E-state index in [1.54, 1.807) is 0 Å². The van der Waals surface area contributed by atoms with Crippen molar-refractivity contribution in [3.8, 4) is 0 Å². The molecule has 0 atom stereocenters. The Bertz CT molecular complexity index is 335. The van der Waals surface area contributed by atoms with Crippen molar-refractivity contribution in [3.05, 3.63) is 17.0 Å². The van der Waals surface area contributed by atoms with E-state index in [2.05, 4.69) is 15.3 Å². The van der Waals surface area contributed by atoms with Gasteiger partial charge in [-0.2, -0.15) is 0 Å². The van der Waals surface area contributed by atoms with Gasteiger partial charge in [0.05, 0.1) is 12.1 Å². The molecule has 0 unspecified atom stereocenters. The second-order valence-corrected chi connectivity index (χ2v) is 2.67. The third-order valence-corrected chi connectivity index (χ3v) is 1.68. The van der Waals surface area contributed by atoms with Crippen molar-refractivity contribution in [2.75, 3.05) is 11.9 Å². The zero-order valence-electron chi connectivity index (χ0n) is 6.88. The van der Waals surface area contributed by atoms with Crippen molar-refractivity contribution in [1.82, 2.24) is 9.97 Å². The van der Waals surface area contributed by atoms with E-state index in [9.17, 15) is 13.6 Å². The van der Waals surface area contributed by atoms with Crippen LogP contribution in [-0.2, 0) is 0 Å². The maximum atomic E-state index is 11.8. The largest absolute Gasteiger partial charge is 0.364 e. The van der Waals surface area contributed by atoms with Gasteiger partial charge < -0.3 is 5.32 Å². The first-order valence-electron chi connectivity index (χ1n) is 3.63. The smallest absolute Gasteiger partial charge is 0.255 e. The van der Waals surface area contributed by atoms with E-state index in [1.807, 2.05) is 0 Å². The maximum Gasteiger partial charge on any atom is 0.255 e. The monoisotopic (exact) mass is 221 g/mol. The lowest BCUT2D eigenvalue weighted by Gasteiger charge is -2.06. The van der Waals surface area contributed by atoms with Crippen molar-refractivity contribution >= 4 is 23.7 Å². The third kappa shape index (κ3) is 2.59. The molecule has 1 N–H and O–H groups in total. The predicted octanol–water partition coefficient (Wildman–Crippen LogP) is 1.62. The van der Waals surface area contributed by atoms with Gasteiger partial charge in [0.25, 0.3) is 6.43 Å². The lowest BCUT2D eigenvalue weighted by Crippen LogP contribution is -2.13. The van der Waals surface area contributed by atoms with Gasteiger partial charge in [-0.05, 0) is 0 Å². The van der Waals surface area contributed by atoms with Crippen LogP contribution < -0.4 is 5.32 Å². The standard InChI is InChI=1S/C7H6ClF2N3O/c8-6-4(2-14)7(13-3-12-6)11-1-5(9)10/h2-3,5H,1H2,(H,11,12,13). The summed E-state index contributed by atoms with van der Waals surface area (Å²) in [5, 5.41) is 2.22. The average molecular weight is 222 g/mol. The van der Waals surface area contributed by atoms with Crippen LogP contribution in [0.1, 0.15) is 10.4 Å². The Hall–Kier alpha value is -1.30. The van der Waals surface area contributed by atoms with Crippen LogP contribution in [-0.4, -0.2) is 29.2 Å². The van der Waals surface area contributed by atoms with Crippen LogP contribution in [0, 0.1) is 0 Å². The minimum atomic E-state index is -2.52. The molecule has 0 saturated heterocycles. The highest BCUT2D eigenvalue weighted by Crippen LogP contribution is 2.17. The summed E-state index contributed by atoms with van der Waals surface area (Å²) in [5.41, 5.74) is -0.0187. The molecule has 0 radical (unpaired) electrons. The van der Waals surface area contributed by atoms with E-state index in [0.717, 1.165) is 6.33 Å². The van der Waals surface area contributed by atoms with Gasteiger partial charge in [-0.25, -0.2) is 18.7 Å². The molecule has 76 valence electrons. The fourth-order valence-corrected chi connectivity index (χ4v) is 0.971. The first-order chi connectivity index (χ1) is 6.65. The minimum Gasteiger partial charge on any atom is -0.364 e. The molecule has 0 saturated carbocycles. The molecular formula is C7H6ClF2N3O. The molecule has 0 aliphatic rings. The summed E-state index contributed by atoms with van der Waals surface area (Å²) in [6.07, 6.45) is -1.03. The van der Waals surface area contributed by atoms with Crippen molar-refractivity contribution in [3.63, 3.8) is 0 Å². The number of nitrogens with zero attached hydrogens (tertiary/aromatic N) is 2. The van der Waals surface area contributed by atoms with Crippen LogP contribution in [0.2, 0.25) is 5.15 Å². The van der Waals surface area contributed by atoms with Crippen LogP contribution in [0.4, 0.5) is 14.6 Å². The normalized spacial score (nSPS) is 10.3. The van der Waals surface area contributed by atoms with Gasteiger partial charge in [-0.15, -0.1) is 0 Å². The Morgan fingerprint density at radius 2 is 2.29 bits per heavy atom.